The molecule has 0 aromatic rings. The third-order valence-electron chi connectivity index (χ3n) is 2.04. The van der Waals surface area contributed by atoms with Gasteiger partial charge in [-0.2, -0.15) is 5.26 Å². The van der Waals surface area contributed by atoms with Crippen molar-refractivity contribution in [1.29, 1.82) is 5.26 Å². The summed E-state index contributed by atoms with van der Waals surface area (Å²) in [7, 11) is 0. The van der Waals surface area contributed by atoms with Gasteiger partial charge in [-0.05, 0) is 6.92 Å². The second-order valence-electron chi connectivity index (χ2n) is 3.02. The number of halogens is 1. The first-order valence-corrected chi connectivity index (χ1v) is 4.53. The van der Waals surface area contributed by atoms with E-state index < -0.39 is 5.38 Å². The highest BCUT2D eigenvalue weighted by atomic mass is 35.5. The summed E-state index contributed by atoms with van der Waals surface area (Å²) in [5.74, 6) is 0. The van der Waals surface area contributed by atoms with Crippen LogP contribution < -0.4 is 0 Å². The quantitative estimate of drug-likeness (QED) is 0.603. The van der Waals surface area contributed by atoms with Crippen LogP contribution in [0.25, 0.3) is 0 Å². The van der Waals surface area contributed by atoms with E-state index in [-0.39, 0.29) is 0 Å². The molecular weight excluding hydrogens is 176 g/mol. The molecule has 2 atom stereocenters. The van der Waals surface area contributed by atoms with Crippen LogP contribution in [0.1, 0.15) is 6.92 Å². The van der Waals surface area contributed by atoms with Crippen molar-refractivity contribution in [1.82, 2.24) is 4.90 Å². The van der Waals surface area contributed by atoms with Crippen LogP contribution in [0.4, 0.5) is 0 Å². The molecule has 4 heteroatoms. The highest BCUT2D eigenvalue weighted by Gasteiger charge is 2.20. The van der Waals surface area contributed by atoms with Gasteiger partial charge in [-0.3, -0.25) is 4.90 Å². The Bertz CT molecular complexity index is 180. The zero-order chi connectivity index (χ0) is 8.97. The number of nitriles is 1. The number of nitrogens with zero attached hydrogens (tertiary/aromatic N) is 2. The lowest BCUT2D eigenvalue weighted by molar-refractivity contribution is 0.00123. The molecule has 68 valence electrons. The van der Waals surface area contributed by atoms with Gasteiger partial charge in [0.25, 0.3) is 0 Å². The van der Waals surface area contributed by atoms with E-state index in [1.54, 1.807) is 0 Å². The van der Waals surface area contributed by atoms with Crippen molar-refractivity contribution in [3.8, 4) is 6.07 Å². The fraction of sp³-hybridized carbons (Fsp3) is 0.875. The Labute approximate surface area is 77.9 Å². The fourth-order valence-electron chi connectivity index (χ4n) is 1.28. The van der Waals surface area contributed by atoms with Gasteiger partial charge in [-0.25, -0.2) is 0 Å². The van der Waals surface area contributed by atoms with E-state index >= 15 is 0 Å². The van der Waals surface area contributed by atoms with Crippen molar-refractivity contribution in [2.75, 3.05) is 26.3 Å². The molecule has 12 heavy (non-hydrogen) atoms. The lowest BCUT2D eigenvalue weighted by Gasteiger charge is -2.33. The first-order chi connectivity index (χ1) is 5.74. The Hall–Kier alpha value is -0.300. The van der Waals surface area contributed by atoms with E-state index in [9.17, 15) is 0 Å². The molecule has 1 saturated heterocycles. The van der Waals surface area contributed by atoms with E-state index in [0.717, 1.165) is 19.8 Å². The van der Waals surface area contributed by atoms with Crippen LogP contribution in [0.5, 0.6) is 0 Å². The summed E-state index contributed by atoms with van der Waals surface area (Å²) < 4.78 is 5.26. The molecule has 0 aliphatic carbocycles. The zero-order valence-electron chi connectivity index (χ0n) is 7.16. The molecule has 0 radical (unpaired) electrons. The molecule has 1 aliphatic rings. The van der Waals surface area contributed by atoms with Crippen LogP contribution in [-0.2, 0) is 4.74 Å². The Kier molecular flexibility index (Phi) is 3.80. The van der Waals surface area contributed by atoms with Gasteiger partial charge in [0.1, 0.15) is 5.38 Å². The van der Waals surface area contributed by atoms with Gasteiger partial charge in [-0.1, -0.05) is 0 Å². The number of morpholine rings is 1. The van der Waals surface area contributed by atoms with Crippen LogP contribution in [-0.4, -0.2) is 42.6 Å². The van der Waals surface area contributed by atoms with Gasteiger partial charge in [0.05, 0.1) is 19.3 Å². The second-order valence-corrected chi connectivity index (χ2v) is 3.54. The summed E-state index contributed by atoms with van der Waals surface area (Å²) in [5.41, 5.74) is 0. The molecule has 0 N–H and O–H groups in total. The summed E-state index contributed by atoms with van der Waals surface area (Å²) in [6.07, 6.45) is 0. The molecular formula is C8H13ClN2O. The zero-order valence-corrected chi connectivity index (χ0v) is 7.92. The summed E-state index contributed by atoms with van der Waals surface area (Å²) in [5, 5.41) is 8.11. The molecule has 0 amide bonds. The average molecular weight is 189 g/mol. The van der Waals surface area contributed by atoms with Crippen molar-refractivity contribution in [3.63, 3.8) is 0 Å². The molecule has 0 spiro atoms. The maximum absolute atomic E-state index is 8.51. The highest BCUT2D eigenvalue weighted by Crippen LogP contribution is 2.08. The van der Waals surface area contributed by atoms with Crippen molar-refractivity contribution < 1.29 is 4.74 Å². The minimum absolute atomic E-state index is 0.383. The number of ether oxygens (including phenoxy) is 1. The standard InChI is InChI=1S/C8H13ClN2O/c1-7-6-12-3-2-11(7)5-8(9)4-10/h7-8H,2-3,5-6H2,1H3. The predicted molar refractivity (Wildman–Crippen MR) is 47.1 cm³/mol. The summed E-state index contributed by atoms with van der Waals surface area (Å²) in [4.78, 5) is 2.18. The fourth-order valence-corrected chi connectivity index (χ4v) is 1.46. The Morgan fingerprint density at radius 3 is 3.17 bits per heavy atom. The normalized spacial score (nSPS) is 27.9. The lowest BCUT2D eigenvalue weighted by Crippen LogP contribution is -2.45. The van der Waals surface area contributed by atoms with Crippen LogP contribution >= 0.6 is 11.6 Å². The molecule has 1 aliphatic heterocycles. The van der Waals surface area contributed by atoms with Gasteiger partial charge in [0.2, 0.25) is 0 Å². The Morgan fingerprint density at radius 1 is 1.83 bits per heavy atom. The third-order valence-corrected chi connectivity index (χ3v) is 2.28. The number of rotatable bonds is 2. The molecule has 0 bridgehead atoms. The van der Waals surface area contributed by atoms with Crippen molar-refractivity contribution >= 4 is 11.6 Å². The summed E-state index contributed by atoms with van der Waals surface area (Å²) >= 11 is 5.72. The monoisotopic (exact) mass is 188 g/mol. The Balaban J connectivity index is 2.35. The Morgan fingerprint density at radius 2 is 2.58 bits per heavy atom. The van der Waals surface area contributed by atoms with Crippen molar-refractivity contribution in [3.05, 3.63) is 0 Å². The minimum Gasteiger partial charge on any atom is -0.379 e. The molecule has 1 heterocycles. The maximum Gasteiger partial charge on any atom is 0.133 e. The number of hydrogen-bond donors (Lipinski definition) is 0. The largest absolute Gasteiger partial charge is 0.379 e. The lowest BCUT2D eigenvalue weighted by atomic mass is 10.2. The van der Waals surface area contributed by atoms with Gasteiger partial charge >= 0.3 is 0 Å². The van der Waals surface area contributed by atoms with Crippen LogP contribution in [0.2, 0.25) is 0 Å². The van der Waals surface area contributed by atoms with E-state index in [4.69, 9.17) is 21.6 Å². The third kappa shape index (κ3) is 2.63. The van der Waals surface area contributed by atoms with Gasteiger partial charge in [-0.15, -0.1) is 11.6 Å². The molecule has 1 rings (SSSR count). The van der Waals surface area contributed by atoms with E-state index in [0.29, 0.717) is 12.6 Å². The van der Waals surface area contributed by atoms with E-state index in [1.165, 1.54) is 0 Å². The van der Waals surface area contributed by atoms with Crippen LogP contribution in [0, 0.1) is 11.3 Å². The summed E-state index contributed by atoms with van der Waals surface area (Å²) in [6.45, 7) is 5.10. The first kappa shape index (κ1) is 9.79. The van der Waals surface area contributed by atoms with Crippen molar-refractivity contribution in [2.24, 2.45) is 0 Å². The molecule has 1 fully saturated rings. The minimum atomic E-state index is -0.398. The van der Waals surface area contributed by atoms with Crippen molar-refractivity contribution in [2.45, 2.75) is 18.3 Å². The molecule has 0 saturated carbocycles. The van der Waals surface area contributed by atoms with Crippen LogP contribution in [0.3, 0.4) is 0 Å². The van der Waals surface area contributed by atoms with Crippen LogP contribution in [0.15, 0.2) is 0 Å². The molecule has 3 nitrogen and oxygen atoms in total. The van der Waals surface area contributed by atoms with Gasteiger partial charge < -0.3 is 4.74 Å². The number of alkyl halides is 1. The van der Waals surface area contributed by atoms with E-state index in [2.05, 4.69) is 11.8 Å². The average Bonchev–Trinajstić information content (AvgIpc) is 2.09. The molecule has 0 aromatic carbocycles. The SMILES string of the molecule is CC1COCCN1CC(Cl)C#N. The highest BCUT2D eigenvalue weighted by molar-refractivity contribution is 6.22. The molecule has 2 unspecified atom stereocenters. The first-order valence-electron chi connectivity index (χ1n) is 4.09. The maximum atomic E-state index is 8.51. The van der Waals surface area contributed by atoms with Gasteiger partial charge in [0.15, 0.2) is 0 Å². The predicted octanol–water partition coefficient (Wildman–Crippen LogP) is 0.838. The van der Waals surface area contributed by atoms with E-state index in [1.807, 2.05) is 6.07 Å². The topological polar surface area (TPSA) is 36.3 Å². The second kappa shape index (κ2) is 4.66. The summed E-state index contributed by atoms with van der Waals surface area (Å²) in [6, 6.07) is 2.40. The molecule has 0 aromatic heterocycles. The smallest absolute Gasteiger partial charge is 0.133 e. The number of hydrogen-bond acceptors (Lipinski definition) is 3. The van der Waals surface area contributed by atoms with Gasteiger partial charge in [0, 0.05) is 19.1 Å².